The fourth-order valence-electron chi connectivity index (χ4n) is 1.97. The summed E-state index contributed by atoms with van der Waals surface area (Å²) in [6.07, 6.45) is 0. The second kappa shape index (κ2) is 5.79. The molecule has 114 valence electrons. The molecule has 0 spiro atoms. The maximum absolute atomic E-state index is 12.3. The first-order valence-corrected chi connectivity index (χ1v) is 7.86. The van der Waals surface area contributed by atoms with Crippen molar-refractivity contribution in [2.75, 3.05) is 12.4 Å². The average Bonchev–Trinajstić information content (AvgIpc) is 3.01. The number of aryl methyl sites for hydroxylation is 1. The second-order valence-electron chi connectivity index (χ2n) is 4.56. The number of hydrogen-bond acceptors (Lipinski definition) is 4. The van der Waals surface area contributed by atoms with Crippen molar-refractivity contribution in [1.82, 2.24) is 9.97 Å². The first-order valence-electron chi connectivity index (χ1n) is 6.29. The van der Waals surface area contributed by atoms with Gasteiger partial charge in [0.15, 0.2) is 5.13 Å². The molecular formula is C14H11Cl2N3O2S. The number of anilines is 1. The van der Waals surface area contributed by atoms with Crippen molar-refractivity contribution in [2.45, 2.75) is 6.92 Å². The summed E-state index contributed by atoms with van der Waals surface area (Å²) in [7, 11) is 1.60. The molecule has 5 nitrogen and oxygen atoms in total. The summed E-state index contributed by atoms with van der Waals surface area (Å²) in [6.45, 7) is 1.74. The molecule has 2 N–H and O–H groups in total. The Kier molecular flexibility index (Phi) is 3.99. The third-order valence-electron chi connectivity index (χ3n) is 3.10. The van der Waals surface area contributed by atoms with Crippen molar-refractivity contribution < 1.29 is 9.53 Å². The number of aromatic amines is 1. The van der Waals surface area contributed by atoms with Gasteiger partial charge < -0.3 is 9.72 Å². The minimum atomic E-state index is -0.383. The van der Waals surface area contributed by atoms with Crippen LogP contribution in [-0.4, -0.2) is 23.0 Å². The van der Waals surface area contributed by atoms with Gasteiger partial charge in [0, 0.05) is 5.69 Å². The molecule has 8 heteroatoms. The van der Waals surface area contributed by atoms with E-state index in [1.807, 2.05) is 18.2 Å². The Balaban J connectivity index is 1.89. The van der Waals surface area contributed by atoms with Crippen LogP contribution in [-0.2, 0) is 0 Å². The summed E-state index contributed by atoms with van der Waals surface area (Å²) < 4.78 is 6.09. The topological polar surface area (TPSA) is 67.0 Å². The van der Waals surface area contributed by atoms with Crippen molar-refractivity contribution in [3.8, 4) is 5.75 Å². The molecule has 0 fully saturated rings. The third kappa shape index (κ3) is 2.65. The number of aromatic nitrogens is 2. The largest absolute Gasteiger partial charge is 0.497 e. The van der Waals surface area contributed by atoms with Gasteiger partial charge in [0.2, 0.25) is 0 Å². The van der Waals surface area contributed by atoms with E-state index in [0.717, 1.165) is 16.0 Å². The van der Waals surface area contributed by atoms with Crippen LogP contribution in [0.3, 0.4) is 0 Å². The number of benzene rings is 1. The van der Waals surface area contributed by atoms with Gasteiger partial charge in [-0.05, 0) is 25.1 Å². The van der Waals surface area contributed by atoms with E-state index < -0.39 is 0 Å². The predicted molar refractivity (Wildman–Crippen MR) is 89.7 cm³/mol. The van der Waals surface area contributed by atoms with Crippen LogP contribution in [0, 0.1) is 6.92 Å². The van der Waals surface area contributed by atoms with Gasteiger partial charge in [-0.3, -0.25) is 10.1 Å². The first-order chi connectivity index (χ1) is 10.5. The molecule has 0 bridgehead atoms. The Morgan fingerprint density at radius 3 is 2.77 bits per heavy atom. The number of halogens is 2. The number of fused-ring (bicyclic) bond motifs is 1. The van der Waals surface area contributed by atoms with E-state index in [0.29, 0.717) is 15.8 Å². The molecule has 3 aromatic rings. The van der Waals surface area contributed by atoms with Crippen molar-refractivity contribution in [1.29, 1.82) is 0 Å². The fourth-order valence-corrected chi connectivity index (χ4v) is 3.28. The quantitative estimate of drug-likeness (QED) is 0.726. The van der Waals surface area contributed by atoms with E-state index >= 15 is 0 Å². The molecular weight excluding hydrogens is 345 g/mol. The SMILES string of the molecule is COc1ccc2nc(NC(=O)c3[nH]c(C)c(Cl)c3Cl)sc2c1. The number of carbonyl (C=O) groups is 1. The van der Waals surface area contributed by atoms with Crippen LogP contribution in [0.15, 0.2) is 18.2 Å². The van der Waals surface area contributed by atoms with E-state index in [-0.39, 0.29) is 16.6 Å². The first kappa shape index (κ1) is 15.1. The number of methoxy groups -OCH3 is 1. The normalized spacial score (nSPS) is 10.9. The fraction of sp³-hybridized carbons (Fsp3) is 0.143. The Bertz CT molecular complexity index is 872. The van der Waals surface area contributed by atoms with Gasteiger partial charge in [-0.2, -0.15) is 0 Å². The van der Waals surface area contributed by atoms with E-state index in [1.165, 1.54) is 11.3 Å². The lowest BCUT2D eigenvalue weighted by Gasteiger charge is -1.99. The third-order valence-corrected chi connectivity index (χ3v) is 4.98. The zero-order chi connectivity index (χ0) is 15.9. The lowest BCUT2D eigenvalue weighted by Crippen LogP contribution is -2.12. The summed E-state index contributed by atoms with van der Waals surface area (Å²) in [5.41, 5.74) is 1.65. The van der Waals surface area contributed by atoms with Gasteiger partial charge in [0.25, 0.3) is 5.91 Å². The van der Waals surface area contributed by atoms with Crippen LogP contribution in [0.2, 0.25) is 10.0 Å². The number of amides is 1. The van der Waals surface area contributed by atoms with Gasteiger partial charge >= 0.3 is 0 Å². The van der Waals surface area contributed by atoms with E-state index in [4.69, 9.17) is 27.9 Å². The molecule has 0 radical (unpaired) electrons. The summed E-state index contributed by atoms with van der Waals surface area (Å²) in [5, 5.41) is 3.76. The van der Waals surface area contributed by atoms with E-state index in [9.17, 15) is 4.79 Å². The van der Waals surface area contributed by atoms with Gasteiger partial charge in [0.05, 0.1) is 27.4 Å². The highest BCUT2D eigenvalue weighted by molar-refractivity contribution is 7.22. The standard InChI is InChI=1S/C14H11Cl2N3O2S/c1-6-10(15)11(16)12(17-6)13(20)19-14-18-8-4-3-7(21-2)5-9(8)22-14/h3-5,17H,1-2H3,(H,18,19,20). The molecule has 2 aromatic heterocycles. The van der Waals surface area contributed by atoms with Crippen LogP contribution in [0.1, 0.15) is 16.2 Å². The number of H-pyrrole nitrogens is 1. The predicted octanol–water partition coefficient (Wildman–Crippen LogP) is 4.50. The average molecular weight is 356 g/mol. The summed E-state index contributed by atoms with van der Waals surface area (Å²) in [6, 6.07) is 5.52. The van der Waals surface area contributed by atoms with Crippen LogP contribution in [0.4, 0.5) is 5.13 Å². The molecule has 0 saturated carbocycles. The van der Waals surface area contributed by atoms with E-state index in [2.05, 4.69) is 15.3 Å². The Morgan fingerprint density at radius 2 is 2.14 bits per heavy atom. The van der Waals surface area contributed by atoms with Gasteiger partial charge in [-0.25, -0.2) is 4.98 Å². The Morgan fingerprint density at radius 1 is 1.36 bits per heavy atom. The lowest BCUT2D eigenvalue weighted by atomic mass is 10.3. The molecule has 0 saturated heterocycles. The molecule has 0 atom stereocenters. The maximum atomic E-state index is 12.3. The molecule has 0 aliphatic rings. The maximum Gasteiger partial charge on any atom is 0.275 e. The number of nitrogens with zero attached hydrogens (tertiary/aromatic N) is 1. The van der Waals surface area contributed by atoms with Crippen molar-refractivity contribution >= 4 is 55.8 Å². The highest BCUT2D eigenvalue weighted by atomic mass is 35.5. The number of carbonyl (C=O) groups excluding carboxylic acids is 1. The summed E-state index contributed by atoms with van der Waals surface area (Å²) in [4.78, 5) is 19.5. The highest BCUT2D eigenvalue weighted by Gasteiger charge is 2.19. The zero-order valence-corrected chi connectivity index (χ0v) is 14.0. The molecule has 1 amide bonds. The van der Waals surface area contributed by atoms with Gasteiger partial charge in [-0.1, -0.05) is 34.5 Å². The van der Waals surface area contributed by atoms with Crippen molar-refractivity contribution in [2.24, 2.45) is 0 Å². The zero-order valence-electron chi connectivity index (χ0n) is 11.7. The van der Waals surface area contributed by atoms with Crippen LogP contribution < -0.4 is 10.1 Å². The highest BCUT2D eigenvalue weighted by Crippen LogP contribution is 2.32. The van der Waals surface area contributed by atoms with Crippen LogP contribution >= 0.6 is 34.5 Å². The molecule has 1 aromatic carbocycles. The number of thiazole rings is 1. The summed E-state index contributed by atoms with van der Waals surface area (Å²) in [5.74, 6) is 0.356. The molecule has 0 aliphatic carbocycles. The molecule has 0 unspecified atom stereocenters. The smallest absolute Gasteiger partial charge is 0.275 e. The Labute approximate surface area is 140 Å². The van der Waals surface area contributed by atoms with Gasteiger partial charge in [-0.15, -0.1) is 0 Å². The van der Waals surface area contributed by atoms with Crippen molar-refractivity contribution in [3.63, 3.8) is 0 Å². The van der Waals surface area contributed by atoms with Crippen LogP contribution in [0.25, 0.3) is 10.2 Å². The number of hydrogen-bond donors (Lipinski definition) is 2. The lowest BCUT2D eigenvalue weighted by molar-refractivity contribution is 0.102. The number of ether oxygens (including phenoxy) is 1. The van der Waals surface area contributed by atoms with Gasteiger partial charge in [0.1, 0.15) is 11.4 Å². The Hall–Kier alpha value is -1.76. The number of rotatable bonds is 3. The summed E-state index contributed by atoms with van der Waals surface area (Å²) >= 11 is 13.4. The molecule has 2 heterocycles. The van der Waals surface area contributed by atoms with Crippen LogP contribution in [0.5, 0.6) is 5.75 Å². The molecule has 3 rings (SSSR count). The molecule has 22 heavy (non-hydrogen) atoms. The van der Waals surface area contributed by atoms with Crippen molar-refractivity contribution in [3.05, 3.63) is 39.6 Å². The second-order valence-corrected chi connectivity index (χ2v) is 6.35. The number of nitrogens with one attached hydrogen (secondary N) is 2. The van der Waals surface area contributed by atoms with E-state index in [1.54, 1.807) is 14.0 Å². The molecule has 0 aliphatic heterocycles. The minimum Gasteiger partial charge on any atom is -0.497 e. The monoisotopic (exact) mass is 355 g/mol. The minimum absolute atomic E-state index is 0.208.